The first kappa shape index (κ1) is 20.9. The van der Waals surface area contributed by atoms with Crippen LogP contribution in [0.4, 0.5) is 0 Å². The number of aliphatic hydroxyl groups excluding tert-OH is 4. The molecule has 0 radical (unpaired) electrons. The lowest BCUT2D eigenvalue weighted by Gasteiger charge is -2.47. The van der Waals surface area contributed by atoms with Crippen LogP contribution in [0.1, 0.15) is 12.8 Å². The van der Waals surface area contributed by atoms with Crippen molar-refractivity contribution in [1.82, 2.24) is 16.0 Å². The van der Waals surface area contributed by atoms with Gasteiger partial charge >= 0.3 is 5.97 Å². The predicted molar refractivity (Wildman–Crippen MR) is 83.4 cm³/mol. The van der Waals surface area contributed by atoms with Crippen molar-refractivity contribution in [3.05, 3.63) is 0 Å². The highest BCUT2D eigenvalue weighted by Crippen LogP contribution is 2.22. The van der Waals surface area contributed by atoms with Crippen molar-refractivity contribution in [2.45, 2.75) is 49.3 Å². The third-order valence-corrected chi connectivity index (χ3v) is 4.06. The topological polar surface area (TPSA) is 171 Å². The van der Waals surface area contributed by atoms with Gasteiger partial charge in [-0.3, -0.25) is 4.79 Å². The molecule has 0 unspecified atom stereocenters. The molecule has 0 aromatic carbocycles. The van der Waals surface area contributed by atoms with E-state index in [-0.39, 0.29) is 39.1 Å². The average Bonchev–Trinajstić information content (AvgIpc) is 2.53. The summed E-state index contributed by atoms with van der Waals surface area (Å²) in [5.41, 5.74) is 0. The number of carboxylic acids is 1. The van der Waals surface area contributed by atoms with Gasteiger partial charge in [-0.05, 0) is 0 Å². The molecule has 0 spiro atoms. The summed E-state index contributed by atoms with van der Waals surface area (Å²) in [6.45, 7) is 0.224. The molecular formula is C14H27N3O7. The molecule has 10 nitrogen and oxygen atoms in total. The summed E-state index contributed by atoms with van der Waals surface area (Å²) in [7, 11) is 0. The Morgan fingerprint density at radius 2 is 1.33 bits per heavy atom. The van der Waals surface area contributed by atoms with Gasteiger partial charge in [-0.15, -0.1) is 0 Å². The number of aldehydes is 1. The summed E-state index contributed by atoms with van der Waals surface area (Å²) in [5, 5.41) is 57.3. The van der Waals surface area contributed by atoms with E-state index in [0.717, 1.165) is 0 Å². The highest BCUT2D eigenvalue weighted by atomic mass is 16.4. The Kier molecular flexibility index (Phi) is 9.29. The van der Waals surface area contributed by atoms with Crippen LogP contribution in [-0.2, 0) is 9.59 Å². The van der Waals surface area contributed by atoms with E-state index >= 15 is 0 Å². The van der Waals surface area contributed by atoms with Gasteiger partial charge in [-0.25, -0.2) is 0 Å². The number of aliphatic carboxylic acids is 1. The number of carboxylic acid groups (broad SMARTS) is 1. The molecule has 1 fully saturated rings. The van der Waals surface area contributed by atoms with Crippen LogP contribution in [0.3, 0.4) is 0 Å². The monoisotopic (exact) mass is 349 g/mol. The summed E-state index contributed by atoms with van der Waals surface area (Å²) >= 11 is 0. The molecule has 0 aromatic rings. The fourth-order valence-electron chi connectivity index (χ4n) is 2.89. The van der Waals surface area contributed by atoms with Gasteiger partial charge < -0.3 is 46.3 Å². The summed E-state index contributed by atoms with van der Waals surface area (Å²) in [4.78, 5) is 21.0. The Balaban J connectivity index is 2.81. The van der Waals surface area contributed by atoms with Gasteiger partial charge in [0, 0.05) is 26.1 Å². The van der Waals surface area contributed by atoms with Crippen LogP contribution in [0.2, 0.25) is 0 Å². The lowest BCUT2D eigenvalue weighted by atomic mass is 9.79. The molecule has 1 saturated carbocycles. The molecule has 1 rings (SSSR count). The molecule has 0 bridgehead atoms. The van der Waals surface area contributed by atoms with Gasteiger partial charge in [0.05, 0.1) is 49.5 Å². The van der Waals surface area contributed by atoms with E-state index < -0.39 is 42.4 Å². The number of rotatable bonds is 11. The van der Waals surface area contributed by atoms with Crippen LogP contribution in [0.25, 0.3) is 0 Å². The number of hydrogen-bond donors (Lipinski definition) is 8. The highest BCUT2D eigenvalue weighted by Gasteiger charge is 2.48. The Morgan fingerprint density at radius 1 is 0.875 bits per heavy atom. The summed E-state index contributed by atoms with van der Waals surface area (Å²) < 4.78 is 0. The van der Waals surface area contributed by atoms with Crippen molar-refractivity contribution in [2.24, 2.45) is 0 Å². The van der Waals surface area contributed by atoms with Crippen molar-refractivity contribution in [2.75, 3.05) is 26.2 Å². The van der Waals surface area contributed by atoms with E-state index in [1.54, 1.807) is 0 Å². The molecule has 10 heteroatoms. The van der Waals surface area contributed by atoms with Crippen LogP contribution in [0.15, 0.2) is 0 Å². The zero-order valence-electron chi connectivity index (χ0n) is 13.3. The lowest BCUT2D eigenvalue weighted by molar-refractivity contribution is -0.137. The Bertz CT molecular complexity index is 399. The minimum absolute atomic E-state index is 0.0397. The Hall–Kier alpha value is -1.14. The van der Waals surface area contributed by atoms with Gasteiger partial charge in [0.1, 0.15) is 6.29 Å². The van der Waals surface area contributed by atoms with Crippen LogP contribution >= 0.6 is 0 Å². The quantitative estimate of drug-likeness (QED) is 0.136. The number of aliphatic hydroxyl groups is 4. The van der Waals surface area contributed by atoms with E-state index in [4.69, 9.17) is 10.2 Å². The molecular weight excluding hydrogens is 322 g/mol. The maximum Gasteiger partial charge on any atom is 0.304 e. The maximum absolute atomic E-state index is 10.6. The third kappa shape index (κ3) is 5.74. The van der Waals surface area contributed by atoms with Gasteiger partial charge in [0.15, 0.2) is 0 Å². The van der Waals surface area contributed by atoms with Gasteiger partial charge in [0.2, 0.25) is 0 Å². The van der Waals surface area contributed by atoms with Crippen LogP contribution in [0.5, 0.6) is 0 Å². The Labute approximate surface area is 139 Å². The molecule has 140 valence electrons. The van der Waals surface area contributed by atoms with E-state index in [0.29, 0.717) is 6.29 Å². The SMILES string of the molecule is O=CCCN[C@H]1[C@@H](O)[C@@H](NCCO)[C@@H](O)[C@@H](NCCC(=O)O)[C@H]1O. The second-order valence-corrected chi connectivity index (χ2v) is 5.73. The van der Waals surface area contributed by atoms with Crippen molar-refractivity contribution >= 4 is 12.3 Å². The molecule has 0 heterocycles. The van der Waals surface area contributed by atoms with Crippen LogP contribution in [0, 0.1) is 0 Å². The summed E-state index contributed by atoms with van der Waals surface area (Å²) in [6, 6.07) is -2.54. The first-order valence-electron chi connectivity index (χ1n) is 7.94. The molecule has 0 amide bonds. The number of hydrogen-bond acceptors (Lipinski definition) is 9. The van der Waals surface area contributed by atoms with E-state index in [9.17, 15) is 24.9 Å². The Morgan fingerprint density at radius 3 is 1.75 bits per heavy atom. The zero-order valence-corrected chi connectivity index (χ0v) is 13.3. The van der Waals surface area contributed by atoms with E-state index in [1.165, 1.54) is 0 Å². The summed E-state index contributed by atoms with van der Waals surface area (Å²) in [6.07, 6.45) is -2.83. The van der Waals surface area contributed by atoms with Crippen molar-refractivity contribution in [1.29, 1.82) is 0 Å². The number of carbonyl (C=O) groups is 2. The minimum atomic E-state index is -1.19. The number of nitrogens with one attached hydrogen (secondary N) is 3. The van der Waals surface area contributed by atoms with E-state index in [1.807, 2.05) is 0 Å². The smallest absolute Gasteiger partial charge is 0.304 e. The molecule has 8 N–H and O–H groups in total. The average molecular weight is 349 g/mol. The maximum atomic E-state index is 10.6. The second-order valence-electron chi connectivity index (χ2n) is 5.73. The first-order valence-corrected chi connectivity index (χ1v) is 7.94. The lowest BCUT2D eigenvalue weighted by Crippen LogP contribution is -2.73. The first-order chi connectivity index (χ1) is 11.4. The second kappa shape index (κ2) is 10.7. The molecule has 0 aromatic heterocycles. The van der Waals surface area contributed by atoms with Crippen molar-refractivity contribution in [3.63, 3.8) is 0 Å². The fourth-order valence-corrected chi connectivity index (χ4v) is 2.89. The standard InChI is InChI=1S/C14H27N3O7/c18-6-1-3-15-9-12(22)10(16-4-2-8(20)21)14(24)11(13(9)23)17-5-7-19/h6,9-17,19,22-24H,1-5,7H2,(H,20,21)/t9-,10+,11-,12+,13-,14+/m1/s1. The molecule has 1 aliphatic rings. The molecule has 1 aliphatic carbocycles. The zero-order chi connectivity index (χ0) is 18.1. The predicted octanol–water partition coefficient (Wildman–Crippen LogP) is -3.99. The normalized spacial score (nSPS) is 33.3. The highest BCUT2D eigenvalue weighted by molar-refractivity contribution is 5.66. The molecule has 6 atom stereocenters. The molecule has 24 heavy (non-hydrogen) atoms. The molecule has 0 saturated heterocycles. The fraction of sp³-hybridized carbons (Fsp3) is 0.857. The summed E-state index contributed by atoms with van der Waals surface area (Å²) in [5.74, 6) is -1.02. The van der Waals surface area contributed by atoms with Crippen molar-refractivity contribution in [3.8, 4) is 0 Å². The van der Waals surface area contributed by atoms with Gasteiger partial charge in [-0.2, -0.15) is 0 Å². The van der Waals surface area contributed by atoms with Crippen LogP contribution < -0.4 is 16.0 Å². The number of carbonyl (C=O) groups excluding carboxylic acids is 1. The minimum Gasteiger partial charge on any atom is -0.481 e. The van der Waals surface area contributed by atoms with E-state index in [2.05, 4.69) is 16.0 Å². The molecule has 0 aliphatic heterocycles. The van der Waals surface area contributed by atoms with Gasteiger partial charge in [0.25, 0.3) is 0 Å². The van der Waals surface area contributed by atoms with Crippen molar-refractivity contribution < 1.29 is 35.1 Å². The van der Waals surface area contributed by atoms with Crippen LogP contribution in [-0.4, -0.2) is 100 Å². The largest absolute Gasteiger partial charge is 0.481 e. The third-order valence-electron chi connectivity index (χ3n) is 4.06. The van der Waals surface area contributed by atoms with Gasteiger partial charge in [-0.1, -0.05) is 0 Å².